The minimum absolute atomic E-state index is 0.0908. The number of benzene rings is 4. The van der Waals surface area contributed by atoms with Crippen LogP contribution in [0.1, 0.15) is 121 Å². The topological polar surface area (TPSA) is 0 Å². The van der Waals surface area contributed by atoms with Gasteiger partial charge in [-0.25, -0.2) is 0 Å². The molecule has 0 aromatic heterocycles. The third-order valence-corrected chi connectivity index (χ3v) is 64.6. The molecule has 0 amide bonds. The van der Waals surface area contributed by atoms with Crippen LogP contribution in [0.4, 0.5) is 0 Å². The van der Waals surface area contributed by atoms with Crippen LogP contribution in [0.25, 0.3) is 34.4 Å². The SMILES string of the molecule is CCCCc1ccccc1-c1cccc2c1C=C(C(C)CC)[CH]2[Zr]([Cl])([Cl])([CH]1C(C(C)CC)=Cc2c(-c3ccccc3CCCC)cccc21)[SiH](C)C. The maximum atomic E-state index is 8.94. The zero-order valence-corrected chi connectivity index (χ0v) is 38.2. The van der Waals surface area contributed by atoms with Crippen molar-refractivity contribution in [3.8, 4) is 22.3 Å². The summed E-state index contributed by atoms with van der Waals surface area (Å²) in [6.45, 7) is 19.1. The molecule has 0 N–H and O–H groups in total. The van der Waals surface area contributed by atoms with Crippen LogP contribution in [0, 0.1) is 11.8 Å². The summed E-state index contributed by atoms with van der Waals surface area (Å²) in [5.41, 5.74) is 16.8. The molecule has 4 unspecified atom stereocenters. The van der Waals surface area contributed by atoms with E-state index in [0.717, 1.165) is 25.7 Å². The van der Waals surface area contributed by atoms with Crippen LogP contribution >= 0.6 is 17.0 Å². The van der Waals surface area contributed by atoms with Crippen molar-refractivity contribution in [2.75, 3.05) is 0 Å². The Labute approximate surface area is 324 Å². The zero-order chi connectivity index (χ0) is 37.2. The van der Waals surface area contributed by atoms with Gasteiger partial charge in [-0.15, -0.1) is 0 Å². The molecule has 0 nitrogen and oxygen atoms in total. The molecule has 0 spiro atoms. The number of unbranched alkanes of at least 4 members (excludes halogenated alkanes) is 2. The molecule has 52 heavy (non-hydrogen) atoms. The van der Waals surface area contributed by atoms with Crippen LogP contribution < -0.4 is 0 Å². The number of aryl methyl sites for hydroxylation is 2. The quantitative estimate of drug-likeness (QED) is 0.105. The third-order valence-electron chi connectivity index (χ3n) is 13.0. The molecular formula is C48H61Cl2SiZr. The third kappa shape index (κ3) is 6.91. The molecule has 4 heteroatoms. The van der Waals surface area contributed by atoms with Gasteiger partial charge in [-0.05, 0) is 0 Å². The Balaban J connectivity index is 1.61. The van der Waals surface area contributed by atoms with Crippen molar-refractivity contribution in [1.29, 1.82) is 0 Å². The molecule has 0 bridgehead atoms. The number of halogens is 2. The molecule has 2 aliphatic rings. The molecule has 0 heterocycles. The molecule has 2 aliphatic carbocycles. The van der Waals surface area contributed by atoms with E-state index in [1.807, 2.05) is 0 Å². The standard InChI is InChI=1S/2C23H27.C2H7Si.2ClH.Zr/c2*1-4-6-10-18-11-7-8-13-21(18)22-14-9-12-19-15-20(16-23(19)22)17(3)5-2;1-3-2;;;/h2*7-9,11-17H,4-6,10H2,1-3H3;3H,1-2H3;2*1H;/q;;;;;+2/p-2. The molecule has 4 aromatic rings. The van der Waals surface area contributed by atoms with Crippen LogP contribution in [-0.2, 0) is 28.4 Å². The summed E-state index contributed by atoms with van der Waals surface area (Å²) < 4.78 is 0.182. The Hall–Kier alpha value is -1.96. The monoisotopic (exact) mass is 825 g/mol. The molecule has 4 atom stereocenters. The molecule has 0 saturated carbocycles. The fourth-order valence-corrected chi connectivity index (χ4v) is 40.7. The molecule has 0 radical (unpaired) electrons. The molecule has 6 rings (SSSR count). The van der Waals surface area contributed by atoms with Crippen LogP contribution in [0.3, 0.4) is 0 Å². The van der Waals surface area contributed by atoms with Crippen molar-refractivity contribution in [3.05, 3.63) is 129 Å². The van der Waals surface area contributed by atoms with Crippen LogP contribution in [0.15, 0.2) is 96.1 Å². The van der Waals surface area contributed by atoms with E-state index in [9.17, 15) is 0 Å². The Morgan fingerprint density at radius 1 is 0.558 bits per heavy atom. The molecule has 275 valence electrons. The summed E-state index contributed by atoms with van der Waals surface area (Å²) in [7, 11) is 17.9. The first kappa shape index (κ1) is 39.7. The van der Waals surface area contributed by atoms with Crippen LogP contribution in [0.2, 0.25) is 13.1 Å². The van der Waals surface area contributed by atoms with E-state index in [4.69, 9.17) is 17.0 Å². The van der Waals surface area contributed by atoms with Gasteiger partial charge in [0.05, 0.1) is 0 Å². The summed E-state index contributed by atoms with van der Waals surface area (Å²) in [5.74, 6) is -0.900. The number of hydrogen-bond acceptors (Lipinski definition) is 0. The summed E-state index contributed by atoms with van der Waals surface area (Å²) in [6.07, 6.45) is 14.3. The number of rotatable bonds is 15. The fraction of sp³-hybridized carbons (Fsp3) is 0.417. The van der Waals surface area contributed by atoms with Gasteiger partial charge in [0.25, 0.3) is 0 Å². The number of hydrogen-bond donors (Lipinski definition) is 0. The molecular weight excluding hydrogens is 767 g/mol. The van der Waals surface area contributed by atoms with Gasteiger partial charge >= 0.3 is 327 Å². The van der Waals surface area contributed by atoms with E-state index in [0.29, 0.717) is 11.8 Å². The average Bonchev–Trinajstić information content (AvgIpc) is 3.77. The Bertz CT molecular complexity index is 1830. The van der Waals surface area contributed by atoms with Gasteiger partial charge in [-0.1, -0.05) is 0 Å². The van der Waals surface area contributed by atoms with Crippen LogP contribution in [-0.4, -0.2) is 5.92 Å². The van der Waals surface area contributed by atoms with E-state index in [2.05, 4.69) is 152 Å². The Morgan fingerprint density at radius 2 is 0.942 bits per heavy atom. The van der Waals surface area contributed by atoms with Gasteiger partial charge < -0.3 is 0 Å². The minimum atomic E-state index is -4.97. The first-order valence-electron chi connectivity index (χ1n) is 20.4. The Morgan fingerprint density at radius 3 is 1.31 bits per heavy atom. The zero-order valence-electron chi connectivity index (χ0n) is 33.0. The van der Waals surface area contributed by atoms with Crippen molar-refractivity contribution in [2.45, 2.75) is 113 Å². The normalized spacial score (nSPS) is 18.7. The van der Waals surface area contributed by atoms with E-state index in [-0.39, 0.29) is 7.25 Å². The molecule has 0 saturated heterocycles. The second kappa shape index (κ2) is 16.4. The van der Waals surface area contributed by atoms with E-state index in [1.165, 1.54) is 92.5 Å². The number of fused-ring (bicyclic) bond motifs is 2. The van der Waals surface area contributed by atoms with Gasteiger partial charge in [0, 0.05) is 0 Å². The first-order chi connectivity index (χ1) is 25.0. The summed E-state index contributed by atoms with van der Waals surface area (Å²) in [5, 5.41) is 0. The first-order valence-corrected chi connectivity index (χ1v) is 36.7. The van der Waals surface area contributed by atoms with E-state index < -0.39 is 21.5 Å². The molecule has 4 aromatic carbocycles. The van der Waals surface area contributed by atoms with Gasteiger partial charge in [-0.2, -0.15) is 0 Å². The second-order valence-corrected chi connectivity index (χ2v) is 58.8. The predicted octanol–water partition coefficient (Wildman–Crippen LogP) is 15.4. The van der Waals surface area contributed by atoms with Crippen molar-refractivity contribution >= 4 is 35.1 Å². The number of allylic oxidation sites excluding steroid dienone is 2. The fourth-order valence-electron chi connectivity index (χ4n) is 9.45. The van der Waals surface area contributed by atoms with Gasteiger partial charge in [-0.3, -0.25) is 0 Å². The predicted molar refractivity (Wildman–Crippen MR) is 232 cm³/mol. The van der Waals surface area contributed by atoms with Gasteiger partial charge in [0.2, 0.25) is 0 Å². The van der Waals surface area contributed by atoms with Gasteiger partial charge in [0.1, 0.15) is 0 Å². The van der Waals surface area contributed by atoms with Gasteiger partial charge in [0.15, 0.2) is 0 Å². The van der Waals surface area contributed by atoms with Crippen LogP contribution in [0.5, 0.6) is 0 Å². The second-order valence-electron chi connectivity index (χ2n) is 16.3. The summed E-state index contributed by atoms with van der Waals surface area (Å²) in [6, 6.07) is 32.3. The van der Waals surface area contributed by atoms with E-state index in [1.54, 1.807) is 0 Å². The average molecular weight is 828 g/mol. The van der Waals surface area contributed by atoms with E-state index >= 15 is 0 Å². The summed E-state index contributed by atoms with van der Waals surface area (Å²) >= 11 is -4.97. The summed E-state index contributed by atoms with van der Waals surface area (Å²) in [4.78, 5) is 0. The Kier molecular flexibility index (Phi) is 12.5. The van der Waals surface area contributed by atoms with Crippen molar-refractivity contribution in [1.82, 2.24) is 0 Å². The van der Waals surface area contributed by atoms with Crippen molar-refractivity contribution < 1.29 is 15.6 Å². The van der Waals surface area contributed by atoms with Crippen molar-refractivity contribution in [3.63, 3.8) is 0 Å². The molecule has 0 fully saturated rings. The van der Waals surface area contributed by atoms with Crippen molar-refractivity contribution in [2.24, 2.45) is 11.8 Å². The maximum absolute atomic E-state index is 8.94. The molecule has 0 aliphatic heterocycles.